The Morgan fingerprint density at radius 2 is 1.80 bits per heavy atom. The third-order valence-corrected chi connectivity index (χ3v) is 3.61. The second-order valence-electron chi connectivity index (χ2n) is 5.68. The molecule has 6 nitrogen and oxygen atoms in total. The van der Waals surface area contributed by atoms with E-state index in [0.29, 0.717) is 31.7 Å². The van der Waals surface area contributed by atoms with Crippen LogP contribution >= 0.6 is 0 Å². The van der Waals surface area contributed by atoms with Crippen molar-refractivity contribution in [1.82, 2.24) is 5.32 Å². The Kier molecular flexibility index (Phi) is 6.83. The van der Waals surface area contributed by atoms with Crippen LogP contribution in [-0.2, 0) is 11.3 Å². The zero-order chi connectivity index (χ0) is 18.1. The van der Waals surface area contributed by atoms with E-state index in [1.165, 1.54) is 0 Å². The maximum atomic E-state index is 11.9. The van der Waals surface area contributed by atoms with E-state index < -0.39 is 6.03 Å². The molecule has 0 fully saturated rings. The SMILES string of the molecule is Cc1ccccc1OCCCC(=O)NCc1ccc(NC(N)=O)cc1. The standard InChI is InChI=1S/C19H23N3O3/c1-14-5-2-3-6-17(14)25-12-4-7-18(23)21-13-15-8-10-16(11-9-15)22-19(20)24/h2-3,5-6,8-11H,4,7,12-13H2,1H3,(H,21,23)(H3,20,22,24). The van der Waals surface area contributed by atoms with Gasteiger partial charge in [0.2, 0.25) is 5.91 Å². The number of benzene rings is 2. The Morgan fingerprint density at radius 3 is 2.48 bits per heavy atom. The summed E-state index contributed by atoms with van der Waals surface area (Å²) in [7, 11) is 0. The van der Waals surface area contributed by atoms with E-state index in [9.17, 15) is 9.59 Å². The first-order valence-electron chi connectivity index (χ1n) is 8.15. The summed E-state index contributed by atoms with van der Waals surface area (Å²) in [6, 6.07) is 14.3. The fourth-order valence-electron chi connectivity index (χ4n) is 2.27. The van der Waals surface area contributed by atoms with Crippen molar-refractivity contribution < 1.29 is 14.3 Å². The van der Waals surface area contributed by atoms with Crippen molar-refractivity contribution in [3.8, 4) is 5.75 Å². The van der Waals surface area contributed by atoms with Gasteiger partial charge in [-0.05, 0) is 42.7 Å². The minimum Gasteiger partial charge on any atom is -0.493 e. The van der Waals surface area contributed by atoms with E-state index in [0.717, 1.165) is 16.9 Å². The summed E-state index contributed by atoms with van der Waals surface area (Å²) in [6.07, 6.45) is 1.06. The first kappa shape index (κ1) is 18.3. The Balaban J connectivity index is 1.65. The number of primary amides is 1. The molecule has 25 heavy (non-hydrogen) atoms. The largest absolute Gasteiger partial charge is 0.493 e. The first-order valence-corrected chi connectivity index (χ1v) is 8.15. The highest BCUT2D eigenvalue weighted by molar-refractivity contribution is 5.87. The van der Waals surface area contributed by atoms with E-state index >= 15 is 0 Å². The monoisotopic (exact) mass is 341 g/mol. The molecule has 0 aliphatic rings. The average Bonchev–Trinajstić information content (AvgIpc) is 2.59. The number of nitrogens with one attached hydrogen (secondary N) is 2. The number of amides is 3. The molecular weight excluding hydrogens is 318 g/mol. The van der Waals surface area contributed by atoms with Gasteiger partial charge in [-0.25, -0.2) is 4.79 Å². The summed E-state index contributed by atoms with van der Waals surface area (Å²) < 4.78 is 5.67. The second kappa shape index (κ2) is 9.32. The van der Waals surface area contributed by atoms with Gasteiger partial charge in [-0.2, -0.15) is 0 Å². The fraction of sp³-hybridized carbons (Fsp3) is 0.263. The lowest BCUT2D eigenvalue weighted by Crippen LogP contribution is -2.23. The van der Waals surface area contributed by atoms with Gasteiger partial charge in [0.25, 0.3) is 0 Å². The zero-order valence-corrected chi connectivity index (χ0v) is 14.2. The van der Waals surface area contributed by atoms with Gasteiger partial charge in [-0.3, -0.25) is 4.79 Å². The van der Waals surface area contributed by atoms with Crippen LogP contribution in [0.15, 0.2) is 48.5 Å². The van der Waals surface area contributed by atoms with E-state index in [1.807, 2.05) is 43.3 Å². The molecule has 2 rings (SSSR count). The van der Waals surface area contributed by atoms with Crippen LogP contribution in [0.3, 0.4) is 0 Å². The van der Waals surface area contributed by atoms with Gasteiger partial charge in [-0.15, -0.1) is 0 Å². The minimum absolute atomic E-state index is 0.0206. The molecule has 2 aromatic rings. The summed E-state index contributed by atoms with van der Waals surface area (Å²) in [5, 5.41) is 5.35. The molecule has 132 valence electrons. The molecular formula is C19H23N3O3. The van der Waals surface area contributed by atoms with Gasteiger partial charge in [0.05, 0.1) is 6.61 Å². The molecule has 2 aromatic carbocycles. The van der Waals surface area contributed by atoms with Crippen molar-refractivity contribution in [3.05, 3.63) is 59.7 Å². The number of para-hydroxylation sites is 1. The average molecular weight is 341 g/mol. The molecule has 0 aliphatic heterocycles. The Morgan fingerprint density at radius 1 is 1.08 bits per heavy atom. The maximum absolute atomic E-state index is 11.9. The second-order valence-corrected chi connectivity index (χ2v) is 5.68. The van der Waals surface area contributed by atoms with Gasteiger partial charge in [0, 0.05) is 18.7 Å². The van der Waals surface area contributed by atoms with Gasteiger partial charge >= 0.3 is 6.03 Å². The highest BCUT2D eigenvalue weighted by atomic mass is 16.5. The van der Waals surface area contributed by atoms with Crippen LogP contribution < -0.4 is 21.1 Å². The predicted octanol–water partition coefficient (Wildman–Crippen LogP) is 2.96. The molecule has 0 aliphatic carbocycles. The minimum atomic E-state index is -0.603. The normalized spacial score (nSPS) is 10.1. The van der Waals surface area contributed by atoms with Gasteiger partial charge in [0.1, 0.15) is 5.75 Å². The summed E-state index contributed by atoms with van der Waals surface area (Å²) >= 11 is 0. The number of anilines is 1. The van der Waals surface area contributed by atoms with Crippen LogP contribution in [0.25, 0.3) is 0 Å². The molecule has 0 aromatic heterocycles. The van der Waals surface area contributed by atoms with Crippen LogP contribution in [-0.4, -0.2) is 18.5 Å². The van der Waals surface area contributed by atoms with Crippen molar-refractivity contribution in [2.24, 2.45) is 5.73 Å². The number of urea groups is 1. The molecule has 0 heterocycles. The number of carbonyl (C=O) groups is 2. The smallest absolute Gasteiger partial charge is 0.316 e. The molecule has 0 saturated carbocycles. The third-order valence-electron chi connectivity index (χ3n) is 3.61. The molecule has 0 unspecified atom stereocenters. The maximum Gasteiger partial charge on any atom is 0.316 e. The summed E-state index contributed by atoms with van der Waals surface area (Å²) in [5.41, 5.74) is 7.70. The lowest BCUT2D eigenvalue weighted by atomic mass is 10.2. The topological polar surface area (TPSA) is 93.4 Å². The highest BCUT2D eigenvalue weighted by Crippen LogP contribution is 2.16. The molecule has 0 atom stereocenters. The Labute approximate surface area is 147 Å². The number of hydrogen-bond acceptors (Lipinski definition) is 3. The molecule has 0 spiro atoms. The van der Waals surface area contributed by atoms with Gasteiger partial charge in [0.15, 0.2) is 0 Å². The molecule has 0 saturated heterocycles. The first-order chi connectivity index (χ1) is 12.0. The molecule has 0 bridgehead atoms. The lowest BCUT2D eigenvalue weighted by Gasteiger charge is -2.09. The Bertz CT molecular complexity index is 714. The van der Waals surface area contributed by atoms with Crippen LogP contribution in [0.1, 0.15) is 24.0 Å². The molecule has 6 heteroatoms. The number of ether oxygens (including phenoxy) is 1. The quantitative estimate of drug-likeness (QED) is 0.644. The number of rotatable bonds is 8. The summed E-state index contributed by atoms with van der Waals surface area (Å²) in [6.45, 7) is 2.94. The summed E-state index contributed by atoms with van der Waals surface area (Å²) in [5.74, 6) is 0.834. The van der Waals surface area contributed by atoms with Crippen molar-refractivity contribution in [1.29, 1.82) is 0 Å². The third kappa shape index (κ3) is 6.55. The number of hydrogen-bond donors (Lipinski definition) is 3. The Hall–Kier alpha value is -3.02. The van der Waals surface area contributed by atoms with Crippen LogP contribution in [0.2, 0.25) is 0 Å². The van der Waals surface area contributed by atoms with E-state index in [1.54, 1.807) is 12.1 Å². The number of aryl methyl sites for hydroxylation is 1. The van der Waals surface area contributed by atoms with E-state index in [4.69, 9.17) is 10.5 Å². The van der Waals surface area contributed by atoms with E-state index in [-0.39, 0.29) is 5.91 Å². The highest BCUT2D eigenvalue weighted by Gasteiger charge is 2.03. The van der Waals surface area contributed by atoms with Crippen molar-refractivity contribution >= 4 is 17.6 Å². The predicted molar refractivity (Wildman–Crippen MR) is 97.4 cm³/mol. The van der Waals surface area contributed by atoms with Crippen LogP contribution in [0.4, 0.5) is 10.5 Å². The van der Waals surface area contributed by atoms with Crippen molar-refractivity contribution in [2.75, 3.05) is 11.9 Å². The van der Waals surface area contributed by atoms with Gasteiger partial charge in [-0.1, -0.05) is 30.3 Å². The fourth-order valence-corrected chi connectivity index (χ4v) is 2.27. The summed E-state index contributed by atoms with van der Waals surface area (Å²) in [4.78, 5) is 22.6. The molecule has 3 amide bonds. The molecule has 4 N–H and O–H groups in total. The number of nitrogens with two attached hydrogens (primary N) is 1. The van der Waals surface area contributed by atoms with Crippen molar-refractivity contribution in [2.45, 2.75) is 26.3 Å². The van der Waals surface area contributed by atoms with Crippen molar-refractivity contribution in [3.63, 3.8) is 0 Å². The van der Waals surface area contributed by atoms with E-state index in [2.05, 4.69) is 10.6 Å². The van der Waals surface area contributed by atoms with Crippen LogP contribution in [0.5, 0.6) is 5.75 Å². The zero-order valence-electron chi connectivity index (χ0n) is 14.2. The number of carbonyl (C=O) groups excluding carboxylic acids is 2. The lowest BCUT2D eigenvalue weighted by molar-refractivity contribution is -0.121. The van der Waals surface area contributed by atoms with Gasteiger partial charge < -0.3 is 21.1 Å². The molecule has 0 radical (unpaired) electrons. The van der Waals surface area contributed by atoms with Crippen LogP contribution in [0, 0.1) is 6.92 Å².